The van der Waals surface area contributed by atoms with Crippen molar-refractivity contribution in [3.63, 3.8) is 0 Å². The molecule has 0 spiro atoms. The van der Waals surface area contributed by atoms with Crippen molar-refractivity contribution in [1.29, 1.82) is 0 Å². The van der Waals surface area contributed by atoms with Crippen molar-refractivity contribution >= 4 is 29.1 Å². The van der Waals surface area contributed by atoms with E-state index in [1.807, 2.05) is 24.3 Å². The molecule has 1 aromatic carbocycles. The first kappa shape index (κ1) is 20.3. The minimum atomic E-state index is -0.862. The van der Waals surface area contributed by atoms with Gasteiger partial charge in [-0.1, -0.05) is 32.0 Å². The number of rotatable bonds is 6. The number of hydrogen-bond donors (Lipinski definition) is 3. The Morgan fingerprint density at radius 2 is 1.68 bits per heavy atom. The Bertz CT molecular complexity index is 666. The zero-order chi connectivity index (χ0) is 19.0. The van der Waals surface area contributed by atoms with Gasteiger partial charge in [0.05, 0.1) is 6.42 Å². The molecule has 136 valence electrons. The van der Waals surface area contributed by atoms with Gasteiger partial charge in [0.2, 0.25) is 5.91 Å². The lowest BCUT2D eigenvalue weighted by atomic mass is 10.0. The highest BCUT2D eigenvalue weighted by Gasteiger charge is 2.14. The van der Waals surface area contributed by atoms with Crippen LogP contribution in [0.5, 0.6) is 0 Å². The number of benzene rings is 1. The van der Waals surface area contributed by atoms with E-state index in [0.717, 1.165) is 11.3 Å². The summed E-state index contributed by atoms with van der Waals surface area (Å²) in [6.07, 6.45) is 0.0124. The van der Waals surface area contributed by atoms with Crippen LogP contribution in [0.4, 0.5) is 5.69 Å². The van der Waals surface area contributed by atoms with E-state index < -0.39 is 11.8 Å². The van der Waals surface area contributed by atoms with Crippen molar-refractivity contribution in [3.8, 4) is 0 Å². The number of nitrogens with one attached hydrogen (secondary N) is 3. The van der Waals surface area contributed by atoms with Gasteiger partial charge in [-0.25, -0.2) is 5.43 Å². The number of para-hydroxylation sites is 1. The number of hydrazone groups is 1. The first-order chi connectivity index (χ1) is 11.7. The van der Waals surface area contributed by atoms with Gasteiger partial charge in [-0.3, -0.25) is 14.4 Å². The Balaban J connectivity index is 2.59. The fraction of sp³-hybridized carbons (Fsp3) is 0.444. The van der Waals surface area contributed by atoms with Gasteiger partial charge in [0, 0.05) is 17.4 Å². The summed E-state index contributed by atoms with van der Waals surface area (Å²) in [5.74, 6) is -1.58. The Hall–Kier alpha value is -2.70. The normalized spacial score (nSPS) is 11.4. The van der Waals surface area contributed by atoms with Crippen LogP contribution in [0.25, 0.3) is 0 Å². The zero-order valence-corrected chi connectivity index (χ0v) is 15.3. The Morgan fingerprint density at radius 3 is 2.28 bits per heavy atom. The molecule has 7 heteroatoms. The van der Waals surface area contributed by atoms with E-state index in [2.05, 4.69) is 35.0 Å². The number of anilines is 1. The highest BCUT2D eigenvalue weighted by Crippen LogP contribution is 2.23. The Labute approximate surface area is 148 Å². The minimum Gasteiger partial charge on any atom is -0.346 e. The van der Waals surface area contributed by atoms with E-state index in [9.17, 15) is 14.4 Å². The summed E-state index contributed by atoms with van der Waals surface area (Å²) < 4.78 is 0. The molecule has 0 fully saturated rings. The molecule has 0 saturated heterocycles. The fourth-order valence-corrected chi connectivity index (χ4v) is 2.11. The monoisotopic (exact) mass is 346 g/mol. The maximum atomic E-state index is 12.1. The quantitative estimate of drug-likeness (QED) is 0.418. The average molecular weight is 346 g/mol. The average Bonchev–Trinajstić information content (AvgIpc) is 2.52. The zero-order valence-electron chi connectivity index (χ0n) is 15.3. The summed E-state index contributed by atoms with van der Waals surface area (Å²) in [5, 5.41) is 9.09. The predicted molar refractivity (Wildman–Crippen MR) is 98.3 cm³/mol. The lowest BCUT2D eigenvalue weighted by molar-refractivity contribution is -0.139. The second-order valence-electron chi connectivity index (χ2n) is 6.38. The Morgan fingerprint density at radius 1 is 1.04 bits per heavy atom. The van der Waals surface area contributed by atoms with Crippen molar-refractivity contribution in [2.75, 3.05) is 5.32 Å². The van der Waals surface area contributed by atoms with Crippen molar-refractivity contribution in [3.05, 3.63) is 29.8 Å². The van der Waals surface area contributed by atoms with Gasteiger partial charge in [-0.15, -0.1) is 0 Å². The third-order valence-corrected chi connectivity index (χ3v) is 3.25. The molecule has 1 rings (SSSR count). The molecule has 0 bridgehead atoms. The number of carbonyl (C=O) groups is 3. The number of carbonyl (C=O) groups excluding carboxylic acids is 3. The molecule has 25 heavy (non-hydrogen) atoms. The molecule has 7 nitrogen and oxygen atoms in total. The Kier molecular flexibility index (Phi) is 7.78. The number of amides is 3. The highest BCUT2D eigenvalue weighted by molar-refractivity contribution is 6.35. The van der Waals surface area contributed by atoms with E-state index in [1.165, 1.54) is 0 Å². The third kappa shape index (κ3) is 7.15. The van der Waals surface area contributed by atoms with Gasteiger partial charge in [0.1, 0.15) is 0 Å². The van der Waals surface area contributed by atoms with Gasteiger partial charge < -0.3 is 10.6 Å². The third-order valence-electron chi connectivity index (χ3n) is 3.25. The van der Waals surface area contributed by atoms with Gasteiger partial charge in [-0.2, -0.15) is 5.10 Å². The van der Waals surface area contributed by atoms with Gasteiger partial charge in [0.25, 0.3) is 0 Å². The first-order valence-electron chi connectivity index (χ1n) is 8.23. The summed E-state index contributed by atoms with van der Waals surface area (Å²) >= 11 is 0. The molecule has 0 aliphatic heterocycles. The van der Waals surface area contributed by atoms with Crippen LogP contribution < -0.4 is 16.1 Å². The molecule has 0 atom stereocenters. The molecular formula is C18H26N4O3. The van der Waals surface area contributed by atoms with E-state index >= 15 is 0 Å². The van der Waals surface area contributed by atoms with Crippen LogP contribution in [-0.2, 0) is 14.4 Å². The maximum Gasteiger partial charge on any atom is 0.329 e. The molecular weight excluding hydrogens is 320 g/mol. The summed E-state index contributed by atoms with van der Waals surface area (Å²) in [6, 6.07) is 7.45. The van der Waals surface area contributed by atoms with Gasteiger partial charge >= 0.3 is 11.8 Å². The van der Waals surface area contributed by atoms with Gasteiger partial charge in [-0.05, 0) is 38.3 Å². The van der Waals surface area contributed by atoms with E-state index in [1.54, 1.807) is 20.8 Å². The van der Waals surface area contributed by atoms with Crippen LogP contribution in [0.1, 0.15) is 52.5 Å². The largest absolute Gasteiger partial charge is 0.346 e. The molecule has 3 N–H and O–H groups in total. The maximum absolute atomic E-state index is 12.1. The summed E-state index contributed by atoms with van der Waals surface area (Å²) in [4.78, 5) is 35.1. The molecule has 0 aliphatic rings. The standard InChI is InChI=1S/C18H26N4O3/c1-11(2)14-8-6-7-9-15(14)20-16(23)10-13(5)21-22-18(25)17(24)19-12(3)4/h6-9,11-12H,10H2,1-5H3,(H,19,24)(H,20,23)(H,22,25)/b21-13+. The molecule has 3 amide bonds. The first-order valence-corrected chi connectivity index (χ1v) is 8.23. The van der Waals surface area contributed by atoms with E-state index in [0.29, 0.717) is 5.71 Å². The number of hydrogen-bond acceptors (Lipinski definition) is 4. The molecule has 0 aromatic heterocycles. The fourth-order valence-electron chi connectivity index (χ4n) is 2.11. The van der Waals surface area contributed by atoms with Crippen LogP contribution >= 0.6 is 0 Å². The summed E-state index contributed by atoms with van der Waals surface area (Å²) in [5.41, 5.74) is 4.34. The predicted octanol–water partition coefficient (Wildman–Crippen LogP) is 2.16. The van der Waals surface area contributed by atoms with Gasteiger partial charge in [0.15, 0.2) is 0 Å². The van der Waals surface area contributed by atoms with Crippen LogP contribution in [0.2, 0.25) is 0 Å². The molecule has 0 saturated carbocycles. The van der Waals surface area contributed by atoms with E-state index in [-0.39, 0.29) is 24.3 Å². The summed E-state index contributed by atoms with van der Waals surface area (Å²) in [6.45, 7) is 9.21. The topological polar surface area (TPSA) is 99.7 Å². The summed E-state index contributed by atoms with van der Waals surface area (Å²) in [7, 11) is 0. The molecule has 0 aliphatic carbocycles. The van der Waals surface area contributed by atoms with Crippen LogP contribution in [0.15, 0.2) is 29.4 Å². The SMILES string of the molecule is C/C(CC(=O)Nc1ccccc1C(C)C)=N\NC(=O)C(=O)NC(C)C. The van der Waals surface area contributed by atoms with Crippen molar-refractivity contribution in [2.45, 2.75) is 53.0 Å². The van der Waals surface area contributed by atoms with Crippen LogP contribution in [0, 0.1) is 0 Å². The van der Waals surface area contributed by atoms with Crippen molar-refractivity contribution < 1.29 is 14.4 Å². The van der Waals surface area contributed by atoms with Crippen LogP contribution in [0.3, 0.4) is 0 Å². The van der Waals surface area contributed by atoms with E-state index in [4.69, 9.17) is 0 Å². The number of nitrogens with zero attached hydrogens (tertiary/aromatic N) is 1. The second kappa shape index (κ2) is 9.56. The van der Waals surface area contributed by atoms with Crippen LogP contribution in [-0.4, -0.2) is 29.5 Å². The lowest BCUT2D eigenvalue weighted by Crippen LogP contribution is -2.41. The molecule has 0 radical (unpaired) electrons. The second-order valence-corrected chi connectivity index (χ2v) is 6.38. The lowest BCUT2D eigenvalue weighted by Gasteiger charge is -2.13. The highest BCUT2D eigenvalue weighted by atomic mass is 16.2. The molecule has 0 unspecified atom stereocenters. The van der Waals surface area contributed by atoms with Crippen molar-refractivity contribution in [2.24, 2.45) is 5.10 Å². The smallest absolute Gasteiger partial charge is 0.329 e. The minimum absolute atomic E-state index is 0.0124. The van der Waals surface area contributed by atoms with Crippen molar-refractivity contribution in [1.82, 2.24) is 10.7 Å². The molecule has 0 heterocycles. The molecule has 1 aromatic rings.